The summed E-state index contributed by atoms with van der Waals surface area (Å²) < 4.78 is 59.9. The summed E-state index contributed by atoms with van der Waals surface area (Å²) in [6, 6.07) is 19.2. The zero-order valence-electron chi connectivity index (χ0n) is 21.0. The van der Waals surface area contributed by atoms with Gasteiger partial charge in [0.05, 0.1) is 17.7 Å². The number of carbonyl (C=O) groups excluding carboxylic acids is 1. The molecule has 0 spiro atoms. The Morgan fingerprint density at radius 1 is 0.811 bits per heavy atom. The molecule has 3 nitrogen and oxygen atoms in total. The first kappa shape index (κ1) is 28.4. The molecule has 1 unspecified atom stereocenters. The molecular formula is C30H33F4NO2. The van der Waals surface area contributed by atoms with Crippen LogP contribution >= 0.6 is 0 Å². The Labute approximate surface area is 215 Å². The van der Waals surface area contributed by atoms with Crippen molar-refractivity contribution in [3.63, 3.8) is 0 Å². The summed E-state index contributed by atoms with van der Waals surface area (Å²) in [5, 5.41) is 0. The zero-order chi connectivity index (χ0) is 26.9. The van der Waals surface area contributed by atoms with Crippen molar-refractivity contribution < 1.29 is 27.1 Å². The van der Waals surface area contributed by atoms with Gasteiger partial charge in [0.25, 0.3) is 0 Å². The largest absolute Gasteiger partial charge is 0.466 e. The molecule has 0 heterocycles. The van der Waals surface area contributed by atoms with Crippen molar-refractivity contribution in [2.24, 2.45) is 5.73 Å². The number of alkyl halides is 3. The van der Waals surface area contributed by atoms with Crippen molar-refractivity contribution in [1.82, 2.24) is 0 Å². The Hall–Kier alpha value is -3.19. The second kappa shape index (κ2) is 12.9. The van der Waals surface area contributed by atoms with Gasteiger partial charge in [0.15, 0.2) is 0 Å². The molecule has 0 bridgehead atoms. The summed E-state index contributed by atoms with van der Waals surface area (Å²) in [7, 11) is 0. The first-order chi connectivity index (χ1) is 17.6. The molecular weight excluding hydrogens is 482 g/mol. The molecule has 0 aliphatic carbocycles. The van der Waals surface area contributed by atoms with Gasteiger partial charge < -0.3 is 10.5 Å². The fourth-order valence-electron chi connectivity index (χ4n) is 4.49. The van der Waals surface area contributed by atoms with Crippen molar-refractivity contribution in [3.8, 4) is 0 Å². The number of halogens is 4. The van der Waals surface area contributed by atoms with Crippen LogP contribution in [0, 0.1) is 5.82 Å². The van der Waals surface area contributed by atoms with Gasteiger partial charge in [-0.3, -0.25) is 4.79 Å². The number of hydrogen-bond donors (Lipinski definition) is 1. The van der Waals surface area contributed by atoms with Crippen LogP contribution in [0.3, 0.4) is 0 Å². The van der Waals surface area contributed by atoms with Crippen LogP contribution in [-0.4, -0.2) is 12.6 Å². The average molecular weight is 516 g/mol. The van der Waals surface area contributed by atoms with Crippen molar-refractivity contribution in [3.05, 3.63) is 106 Å². The minimum absolute atomic E-state index is 0.0693. The Bertz CT molecular complexity index is 1160. The summed E-state index contributed by atoms with van der Waals surface area (Å²) in [5.74, 6) is -1.16. The van der Waals surface area contributed by atoms with Gasteiger partial charge in [-0.15, -0.1) is 0 Å². The number of unbranched alkanes of at least 4 members (excludes halogenated alkanes) is 3. The maximum absolute atomic E-state index is 14.4. The van der Waals surface area contributed by atoms with Crippen LogP contribution in [0.25, 0.3) is 0 Å². The smallest absolute Gasteiger partial charge is 0.416 e. The highest BCUT2D eigenvalue weighted by molar-refractivity contribution is 5.69. The standard InChI is InChI=1S/C30H33F4NO2/c1-2-37-28(36)16-9-4-3-6-11-22-14-10-15-24(17-22)29(35,21-23-12-7-5-8-13-23)25-18-26(30(32,33)34)20-27(31)19-25/h5,7-8,10,12-15,17-20H,2-4,6,9,11,16,21,35H2,1H3. The van der Waals surface area contributed by atoms with E-state index in [1.165, 1.54) is 0 Å². The second-order valence-electron chi connectivity index (χ2n) is 9.28. The molecule has 3 aromatic rings. The van der Waals surface area contributed by atoms with E-state index in [2.05, 4.69) is 0 Å². The van der Waals surface area contributed by atoms with Gasteiger partial charge in [0.1, 0.15) is 5.82 Å². The molecule has 3 rings (SSSR count). The van der Waals surface area contributed by atoms with Gasteiger partial charge in [-0.2, -0.15) is 13.2 Å². The monoisotopic (exact) mass is 515 g/mol. The number of carbonyl (C=O) groups is 1. The number of nitrogens with two attached hydrogens (primary N) is 1. The quantitative estimate of drug-likeness (QED) is 0.156. The van der Waals surface area contributed by atoms with E-state index >= 15 is 0 Å². The number of hydrogen-bond acceptors (Lipinski definition) is 3. The van der Waals surface area contributed by atoms with Crippen LogP contribution in [0.15, 0.2) is 72.8 Å². The van der Waals surface area contributed by atoms with E-state index in [4.69, 9.17) is 10.5 Å². The fraction of sp³-hybridized carbons (Fsp3) is 0.367. The van der Waals surface area contributed by atoms with E-state index in [1.807, 2.05) is 48.5 Å². The molecule has 0 radical (unpaired) electrons. The maximum Gasteiger partial charge on any atom is 0.416 e. The SMILES string of the molecule is CCOC(=O)CCCCCCc1cccc(C(N)(Cc2ccccc2)c2cc(F)cc(C(F)(F)F)c2)c1. The van der Waals surface area contributed by atoms with Crippen molar-refractivity contribution in [1.29, 1.82) is 0 Å². The molecule has 7 heteroatoms. The van der Waals surface area contributed by atoms with Crippen LogP contribution in [0.1, 0.15) is 66.8 Å². The molecule has 2 N–H and O–H groups in total. The second-order valence-corrected chi connectivity index (χ2v) is 9.28. The lowest BCUT2D eigenvalue weighted by atomic mass is 9.77. The molecule has 3 aromatic carbocycles. The predicted molar refractivity (Wildman–Crippen MR) is 136 cm³/mol. The molecule has 0 aromatic heterocycles. The van der Waals surface area contributed by atoms with Gasteiger partial charge in [-0.1, -0.05) is 67.4 Å². The molecule has 0 amide bonds. The van der Waals surface area contributed by atoms with E-state index in [-0.39, 0.29) is 18.0 Å². The van der Waals surface area contributed by atoms with Gasteiger partial charge in [0.2, 0.25) is 0 Å². The zero-order valence-corrected chi connectivity index (χ0v) is 21.0. The lowest BCUT2D eigenvalue weighted by Gasteiger charge is -2.32. The van der Waals surface area contributed by atoms with Crippen LogP contribution in [0.4, 0.5) is 17.6 Å². The lowest BCUT2D eigenvalue weighted by molar-refractivity contribution is -0.143. The van der Waals surface area contributed by atoms with Crippen molar-refractivity contribution in [2.75, 3.05) is 6.61 Å². The molecule has 0 fully saturated rings. The van der Waals surface area contributed by atoms with E-state index in [1.54, 1.807) is 13.0 Å². The Morgan fingerprint density at radius 3 is 2.19 bits per heavy atom. The normalized spacial score (nSPS) is 13.2. The number of ether oxygens (including phenoxy) is 1. The number of esters is 1. The van der Waals surface area contributed by atoms with Crippen LogP contribution in [0.5, 0.6) is 0 Å². The van der Waals surface area contributed by atoms with Gasteiger partial charge in [-0.25, -0.2) is 4.39 Å². The molecule has 0 saturated heterocycles. The van der Waals surface area contributed by atoms with Crippen molar-refractivity contribution >= 4 is 5.97 Å². The highest BCUT2D eigenvalue weighted by Crippen LogP contribution is 2.37. The van der Waals surface area contributed by atoms with Crippen molar-refractivity contribution in [2.45, 2.75) is 63.6 Å². The first-order valence-corrected chi connectivity index (χ1v) is 12.6. The molecule has 37 heavy (non-hydrogen) atoms. The summed E-state index contributed by atoms with van der Waals surface area (Å²) >= 11 is 0. The van der Waals surface area contributed by atoms with Crippen LogP contribution in [-0.2, 0) is 34.1 Å². The van der Waals surface area contributed by atoms with Gasteiger partial charge in [-0.05, 0) is 73.1 Å². The first-order valence-electron chi connectivity index (χ1n) is 12.6. The number of rotatable bonds is 12. The number of benzene rings is 3. The van der Waals surface area contributed by atoms with Gasteiger partial charge >= 0.3 is 12.1 Å². The van der Waals surface area contributed by atoms with Crippen LogP contribution < -0.4 is 5.73 Å². The summed E-state index contributed by atoms with van der Waals surface area (Å²) in [4.78, 5) is 11.5. The van der Waals surface area contributed by atoms with E-state index < -0.39 is 23.1 Å². The molecule has 198 valence electrons. The fourth-order valence-corrected chi connectivity index (χ4v) is 4.49. The highest BCUT2D eigenvalue weighted by atomic mass is 19.4. The summed E-state index contributed by atoms with van der Waals surface area (Å²) in [5.41, 5.74) is 6.97. The third-order valence-corrected chi connectivity index (χ3v) is 6.41. The van der Waals surface area contributed by atoms with Gasteiger partial charge in [0, 0.05) is 6.42 Å². The minimum atomic E-state index is -4.69. The summed E-state index contributed by atoms with van der Waals surface area (Å²) in [6.45, 7) is 2.17. The topological polar surface area (TPSA) is 52.3 Å². The molecule has 0 aliphatic heterocycles. The third kappa shape index (κ3) is 8.15. The Morgan fingerprint density at radius 2 is 1.49 bits per heavy atom. The third-order valence-electron chi connectivity index (χ3n) is 6.41. The van der Waals surface area contributed by atoms with E-state index in [0.717, 1.165) is 55.4 Å². The minimum Gasteiger partial charge on any atom is -0.466 e. The Kier molecular flexibility index (Phi) is 9.86. The highest BCUT2D eigenvalue weighted by Gasteiger charge is 2.36. The lowest BCUT2D eigenvalue weighted by Crippen LogP contribution is -2.40. The summed E-state index contributed by atoms with van der Waals surface area (Å²) in [6.07, 6.45) is 0.157. The molecule has 1 atom stereocenters. The van der Waals surface area contributed by atoms with E-state index in [0.29, 0.717) is 24.7 Å². The average Bonchev–Trinajstić information content (AvgIpc) is 2.86. The molecule has 0 saturated carbocycles. The molecule has 0 aliphatic rings. The number of aryl methyl sites for hydroxylation is 1. The Balaban J connectivity index is 1.83. The van der Waals surface area contributed by atoms with E-state index in [9.17, 15) is 22.4 Å². The van der Waals surface area contributed by atoms with Crippen LogP contribution in [0.2, 0.25) is 0 Å². The predicted octanol–water partition coefficient (Wildman–Crippen LogP) is 7.35. The maximum atomic E-state index is 14.4.